The number of nitrogens with one attached hydrogen (secondary N) is 1. The Hall–Kier alpha value is -1.12. The van der Waals surface area contributed by atoms with Gasteiger partial charge in [0.15, 0.2) is 0 Å². The highest BCUT2D eigenvalue weighted by atomic mass is 15.2. The molecule has 1 aliphatic heterocycles. The number of hydrogen-bond donors (Lipinski definition) is 1. The molecule has 1 N–H and O–H groups in total. The third-order valence-corrected chi connectivity index (χ3v) is 4.43. The highest BCUT2D eigenvalue weighted by Gasteiger charge is 2.21. The number of rotatable bonds is 6. The van der Waals surface area contributed by atoms with Crippen molar-refractivity contribution in [3.63, 3.8) is 0 Å². The quantitative estimate of drug-likeness (QED) is 0.789. The Morgan fingerprint density at radius 3 is 2.41 bits per heavy atom. The van der Waals surface area contributed by atoms with E-state index in [4.69, 9.17) is 0 Å². The first-order valence-electron chi connectivity index (χ1n) is 8.79. The molecule has 1 aliphatic rings. The molecule has 1 heterocycles. The average molecular weight is 303 g/mol. The maximum Gasteiger partial charge on any atom is 0.00915 e. The number of likely N-dealkylation sites (tertiary alicyclic amines) is 1. The van der Waals surface area contributed by atoms with Gasteiger partial charge in [0.1, 0.15) is 0 Å². The van der Waals surface area contributed by atoms with Crippen LogP contribution in [0.25, 0.3) is 0 Å². The van der Waals surface area contributed by atoms with Gasteiger partial charge >= 0.3 is 0 Å². The van der Waals surface area contributed by atoms with E-state index in [1.807, 2.05) is 6.92 Å². The first-order chi connectivity index (χ1) is 10.7. The second-order valence-corrected chi connectivity index (χ2v) is 6.17. The Kier molecular flexibility index (Phi) is 9.85. The minimum atomic E-state index is 0.726. The maximum atomic E-state index is 3.72. The van der Waals surface area contributed by atoms with E-state index >= 15 is 0 Å². The van der Waals surface area contributed by atoms with Gasteiger partial charge in [0.25, 0.3) is 0 Å². The van der Waals surface area contributed by atoms with Crippen molar-refractivity contribution < 1.29 is 0 Å². The monoisotopic (exact) mass is 302 g/mol. The lowest BCUT2D eigenvalue weighted by atomic mass is 10.0. The molecule has 0 aliphatic carbocycles. The minimum Gasteiger partial charge on any atom is -0.314 e. The lowest BCUT2D eigenvalue weighted by molar-refractivity contribution is 0.149. The molecule has 0 aromatic heterocycles. The van der Waals surface area contributed by atoms with Gasteiger partial charge in [0, 0.05) is 12.1 Å². The largest absolute Gasteiger partial charge is 0.314 e. The van der Waals surface area contributed by atoms with Crippen LogP contribution in [0, 0.1) is 0 Å². The van der Waals surface area contributed by atoms with Crippen LogP contribution in [0.3, 0.4) is 0 Å². The number of allylic oxidation sites excluding steroid dienone is 1. The smallest absolute Gasteiger partial charge is 0.00915 e. The molecule has 2 rings (SSSR count). The molecular weight excluding hydrogens is 268 g/mol. The van der Waals surface area contributed by atoms with E-state index in [0.29, 0.717) is 0 Å². The molecule has 1 atom stereocenters. The Bertz CT molecular complexity index is 380. The first kappa shape index (κ1) is 18.9. The summed E-state index contributed by atoms with van der Waals surface area (Å²) in [5.41, 5.74) is 1.44. The van der Waals surface area contributed by atoms with Gasteiger partial charge in [-0.25, -0.2) is 0 Å². The Balaban J connectivity index is 0.000000745. The molecule has 1 saturated heterocycles. The SMILES string of the molecule is C=CC.CCC(C)N1CCC(NCCc2ccccc2)CC1. The van der Waals surface area contributed by atoms with Gasteiger partial charge in [-0.15, -0.1) is 6.58 Å². The van der Waals surface area contributed by atoms with Crippen molar-refractivity contribution in [1.29, 1.82) is 0 Å². The van der Waals surface area contributed by atoms with Crippen LogP contribution in [0.5, 0.6) is 0 Å². The van der Waals surface area contributed by atoms with E-state index < -0.39 is 0 Å². The van der Waals surface area contributed by atoms with Gasteiger partial charge in [-0.2, -0.15) is 0 Å². The molecule has 1 unspecified atom stereocenters. The van der Waals surface area contributed by atoms with E-state index in [-0.39, 0.29) is 0 Å². The van der Waals surface area contributed by atoms with Gasteiger partial charge in [-0.05, 0) is 64.7 Å². The summed E-state index contributed by atoms with van der Waals surface area (Å²) in [7, 11) is 0. The van der Waals surface area contributed by atoms with Crippen molar-refractivity contribution in [2.45, 2.75) is 58.5 Å². The van der Waals surface area contributed by atoms with Gasteiger partial charge in [-0.3, -0.25) is 0 Å². The summed E-state index contributed by atoms with van der Waals surface area (Å²) in [6, 6.07) is 12.2. The molecule has 1 fully saturated rings. The molecule has 2 heteroatoms. The van der Waals surface area contributed by atoms with E-state index in [9.17, 15) is 0 Å². The maximum absolute atomic E-state index is 3.72. The molecular formula is C20H34N2. The van der Waals surface area contributed by atoms with E-state index in [2.05, 4.69) is 61.0 Å². The number of benzene rings is 1. The van der Waals surface area contributed by atoms with Crippen LogP contribution in [0.1, 0.15) is 45.6 Å². The van der Waals surface area contributed by atoms with Gasteiger partial charge in [0.2, 0.25) is 0 Å². The molecule has 124 valence electrons. The lowest BCUT2D eigenvalue weighted by Gasteiger charge is -2.36. The summed E-state index contributed by atoms with van der Waals surface area (Å²) in [6.07, 6.45) is 6.77. The Morgan fingerprint density at radius 2 is 1.86 bits per heavy atom. The highest BCUT2D eigenvalue weighted by molar-refractivity contribution is 5.14. The van der Waals surface area contributed by atoms with Crippen molar-refractivity contribution in [2.75, 3.05) is 19.6 Å². The van der Waals surface area contributed by atoms with Crippen molar-refractivity contribution >= 4 is 0 Å². The second kappa shape index (κ2) is 11.4. The summed E-state index contributed by atoms with van der Waals surface area (Å²) >= 11 is 0. The second-order valence-electron chi connectivity index (χ2n) is 6.17. The lowest BCUT2D eigenvalue weighted by Crippen LogP contribution is -2.46. The third-order valence-electron chi connectivity index (χ3n) is 4.43. The molecule has 1 aromatic carbocycles. The van der Waals surface area contributed by atoms with E-state index in [1.165, 1.54) is 37.9 Å². The van der Waals surface area contributed by atoms with Crippen molar-refractivity contribution in [3.05, 3.63) is 48.6 Å². The molecule has 0 bridgehead atoms. The number of piperidine rings is 1. The predicted octanol–water partition coefficient (Wildman–Crippen LogP) is 4.27. The van der Waals surface area contributed by atoms with Gasteiger partial charge in [0.05, 0.1) is 0 Å². The Morgan fingerprint density at radius 1 is 1.27 bits per heavy atom. The summed E-state index contributed by atoms with van der Waals surface area (Å²) in [6.45, 7) is 13.5. The zero-order chi connectivity index (χ0) is 16.2. The molecule has 1 aromatic rings. The molecule has 0 spiro atoms. The Labute approximate surface area is 137 Å². The van der Waals surface area contributed by atoms with E-state index in [0.717, 1.165) is 25.0 Å². The topological polar surface area (TPSA) is 15.3 Å². The zero-order valence-corrected chi connectivity index (χ0v) is 14.7. The molecule has 22 heavy (non-hydrogen) atoms. The van der Waals surface area contributed by atoms with Crippen LogP contribution < -0.4 is 5.32 Å². The summed E-state index contributed by atoms with van der Waals surface area (Å²) in [5, 5.41) is 3.72. The fourth-order valence-electron chi connectivity index (χ4n) is 2.87. The predicted molar refractivity (Wildman–Crippen MR) is 98.4 cm³/mol. The van der Waals surface area contributed by atoms with Crippen LogP contribution in [-0.2, 0) is 6.42 Å². The van der Waals surface area contributed by atoms with Crippen LogP contribution in [0.4, 0.5) is 0 Å². The van der Waals surface area contributed by atoms with Crippen LogP contribution in [0.15, 0.2) is 43.0 Å². The molecule has 0 amide bonds. The fraction of sp³-hybridized carbons (Fsp3) is 0.600. The van der Waals surface area contributed by atoms with Crippen LogP contribution in [-0.4, -0.2) is 36.6 Å². The summed E-state index contributed by atoms with van der Waals surface area (Å²) in [5.74, 6) is 0. The molecule has 0 saturated carbocycles. The first-order valence-corrected chi connectivity index (χ1v) is 8.79. The van der Waals surface area contributed by atoms with Gasteiger partial charge in [-0.1, -0.05) is 43.3 Å². The summed E-state index contributed by atoms with van der Waals surface area (Å²) in [4.78, 5) is 2.63. The highest BCUT2D eigenvalue weighted by Crippen LogP contribution is 2.14. The number of hydrogen-bond acceptors (Lipinski definition) is 2. The van der Waals surface area contributed by atoms with E-state index in [1.54, 1.807) is 6.08 Å². The fourth-order valence-corrected chi connectivity index (χ4v) is 2.87. The minimum absolute atomic E-state index is 0.726. The average Bonchev–Trinajstić information content (AvgIpc) is 2.56. The van der Waals surface area contributed by atoms with Crippen LogP contribution in [0.2, 0.25) is 0 Å². The normalized spacial score (nSPS) is 17.4. The van der Waals surface area contributed by atoms with Crippen LogP contribution >= 0.6 is 0 Å². The van der Waals surface area contributed by atoms with Crippen molar-refractivity contribution in [2.24, 2.45) is 0 Å². The van der Waals surface area contributed by atoms with Crippen molar-refractivity contribution in [3.8, 4) is 0 Å². The standard InChI is InChI=1S/C17H28N2.C3H6/c1-3-15(2)19-13-10-17(11-14-19)18-12-9-16-7-5-4-6-8-16;1-3-2/h4-8,15,17-18H,3,9-14H2,1-2H3;3H,1H2,2H3. The third kappa shape index (κ3) is 7.24. The molecule has 2 nitrogen and oxygen atoms in total. The van der Waals surface area contributed by atoms with Gasteiger partial charge < -0.3 is 10.2 Å². The zero-order valence-electron chi connectivity index (χ0n) is 14.7. The molecule has 0 radical (unpaired) electrons. The summed E-state index contributed by atoms with van der Waals surface area (Å²) < 4.78 is 0. The van der Waals surface area contributed by atoms with Crippen molar-refractivity contribution in [1.82, 2.24) is 10.2 Å². The number of nitrogens with zero attached hydrogens (tertiary/aromatic N) is 1.